The summed E-state index contributed by atoms with van der Waals surface area (Å²) >= 11 is 0. The van der Waals surface area contributed by atoms with E-state index in [2.05, 4.69) is 0 Å². The summed E-state index contributed by atoms with van der Waals surface area (Å²) in [6.45, 7) is 2.37. The van der Waals surface area contributed by atoms with Gasteiger partial charge in [0, 0.05) is 12.1 Å². The lowest BCUT2D eigenvalue weighted by Gasteiger charge is -2.50. The van der Waals surface area contributed by atoms with Crippen LogP contribution in [0.3, 0.4) is 0 Å². The molecule has 4 atom stereocenters. The summed E-state index contributed by atoms with van der Waals surface area (Å²) in [5, 5.41) is 18.5. The number of likely N-dealkylation sites (tertiary alicyclic amines) is 1. The SMILES string of the molecule is C[C@H](N)C(=O)N1CCCC12CCC(N)(C(=O)O)C(CCC[B]O)C2. The molecule has 1 radical (unpaired) electrons. The summed E-state index contributed by atoms with van der Waals surface area (Å²) in [5.41, 5.74) is 10.5. The maximum absolute atomic E-state index is 12.5. The van der Waals surface area contributed by atoms with Crippen molar-refractivity contribution in [1.29, 1.82) is 0 Å². The van der Waals surface area contributed by atoms with Crippen LogP contribution >= 0.6 is 0 Å². The number of carbonyl (C=O) groups excluding carboxylic acids is 1. The zero-order chi connectivity index (χ0) is 18.0. The van der Waals surface area contributed by atoms with Crippen LogP contribution in [0.4, 0.5) is 0 Å². The van der Waals surface area contributed by atoms with E-state index in [1.807, 2.05) is 4.90 Å². The highest BCUT2D eigenvalue weighted by atomic mass is 16.4. The predicted molar refractivity (Wildman–Crippen MR) is 91.2 cm³/mol. The van der Waals surface area contributed by atoms with Gasteiger partial charge in [0.05, 0.1) is 6.04 Å². The summed E-state index contributed by atoms with van der Waals surface area (Å²) in [4.78, 5) is 26.1. The molecular formula is C16H29BN3O4. The van der Waals surface area contributed by atoms with Crippen LogP contribution in [0.5, 0.6) is 0 Å². The first-order valence-corrected chi connectivity index (χ1v) is 8.82. The Kier molecular flexibility index (Phi) is 5.93. The minimum absolute atomic E-state index is 0.0604. The van der Waals surface area contributed by atoms with Gasteiger partial charge in [0.15, 0.2) is 0 Å². The molecule has 1 saturated heterocycles. The largest absolute Gasteiger partial charge is 0.480 e. The summed E-state index contributed by atoms with van der Waals surface area (Å²) in [5.74, 6) is -1.25. The highest BCUT2D eigenvalue weighted by Gasteiger charge is 2.55. The maximum Gasteiger partial charge on any atom is 0.323 e. The van der Waals surface area contributed by atoms with Gasteiger partial charge in [-0.1, -0.05) is 12.7 Å². The van der Waals surface area contributed by atoms with Gasteiger partial charge in [0.25, 0.3) is 7.48 Å². The van der Waals surface area contributed by atoms with E-state index in [9.17, 15) is 14.7 Å². The van der Waals surface area contributed by atoms with Crippen LogP contribution in [-0.2, 0) is 9.59 Å². The number of carboxylic acids is 1. The molecule has 0 aromatic carbocycles. The highest BCUT2D eigenvalue weighted by molar-refractivity contribution is 6.25. The van der Waals surface area contributed by atoms with Crippen LogP contribution in [-0.4, -0.2) is 58.1 Å². The van der Waals surface area contributed by atoms with Crippen molar-refractivity contribution in [3.63, 3.8) is 0 Å². The van der Waals surface area contributed by atoms with Crippen molar-refractivity contribution in [2.45, 2.75) is 75.3 Å². The van der Waals surface area contributed by atoms with Crippen LogP contribution in [0.2, 0.25) is 6.32 Å². The molecule has 1 spiro atoms. The first kappa shape index (κ1) is 19.2. The Morgan fingerprint density at radius 3 is 2.67 bits per heavy atom. The van der Waals surface area contributed by atoms with Gasteiger partial charge < -0.3 is 26.5 Å². The molecule has 2 aliphatic rings. The summed E-state index contributed by atoms with van der Waals surface area (Å²) in [6.07, 6.45) is 5.19. The van der Waals surface area contributed by atoms with E-state index >= 15 is 0 Å². The second-order valence-electron chi connectivity index (χ2n) is 7.47. The summed E-state index contributed by atoms with van der Waals surface area (Å²) in [7, 11) is 1.10. The fourth-order valence-corrected chi connectivity index (χ4v) is 4.48. The fourth-order valence-electron chi connectivity index (χ4n) is 4.48. The van der Waals surface area contributed by atoms with E-state index in [1.54, 1.807) is 6.92 Å². The van der Waals surface area contributed by atoms with E-state index in [-0.39, 0.29) is 17.4 Å². The van der Waals surface area contributed by atoms with Crippen molar-refractivity contribution < 1.29 is 19.7 Å². The molecule has 1 aliphatic heterocycles. The maximum atomic E-state index is 12.5. The topological polar surface area (TPSA) is 130 Å². The monoisotopic (exact) mass is 338 g/mol. The molecule has 24 heavy (non-hydrogen) atoms. The van der Waals surface area contributed by atoms with Gasteiger partial charge in [0.2, 0.25) is 5.91 Å². The zero-order valence-corrected chi connectivity index (χ0v) is 14.4. The number of nitrogens with two attached hydrogens (primary N) is 2. The van der Waals surface area contributed by atoms with Crippen molar-refractivity contribution in [3.8, 4) is 0 Å². The van der Waals surface area contributed by atoms with Gasteiger partial charge >= 0.3 is 5.97 Å². The fraction of sp³-hybridized carbons (Fsp3) is 0.875. The second kappa shape index (κ2) is 7.41. The van der Waals surface area contributed by atoms with E-state index in [1.165, 1.54) is 0 Å². The Balaban J connectivity index is 2.22. The molecule has 1 amide bonds. The first-order chi connectivity index (χ1) is 11.3. The lowest BCUT2D eigenvalue weighted by Crippen LogP contribution is -2.64. The molecule has 6 N–H and O–H groups in total. The third-order valence-electron chi connectivity index (χ3n) is 5.89. The van der Waals surface area contributed by atoms with Gasteiger partial charge in [-0.15, -0.1) is 0 Å². The number of hydrogen-bond acceptors (Lipinski definition) is 5. The van der Waals surface area contributed by atoms with E-state index in [0.29, 0.717) is 45.0 Å². The quantitative estimate of drug-likeness (QED) is 0.401. The molecule has 1 heterocycles. The minimum atomic E-state index is -1.26. The number of aliphatic carboxylic acids is 1. The average Bonchev–Trinajstić information content (AvgIpc) is 2.93. The molecule has 1 saturated carbocycles. The molecule has 3 unspecified atom stereocenters. The molecule has 0 aromatic rings. The van der Waals surface area contributed by atoms with Crippen molar-refractivity contribution in [1.82, 2.24) is 4.90 Å². The molecule has 1 aliphatic carbocycles. The van der Waals surface area contributed by atoms with Crippen LogP contribution in [0.25, 0.3) is 0 Å². The average molecular weight is 338 g/mol. The van der Waals surface area contributed by atoms with Gasteiger partial charge in [-0.3, -0.25) is 9.59 Å². The van der Waals surface area contributed by atoms with Gasteiger partial charge in [0.1, 0.15) is 5.54 Å². The third-order valence-corrected chi connectivity index (χ3v) is 5.89. The van der Waals surface area contributed by atoms with E-state index in [0.717, 1.165) is 20.3 Å². The normalized spacial score (nSPS) is 34.3. The Morgan fingerprint density at radius 1 is 1.38 bits per heavy atom. The molecule has 7 nitrogen and oxygen atoms in total. The Morgan fingerprint density at radius 2 is 2.08 bits per heavy atom. The lowest BCUT2D eigenvalue weighted by molar-refractivity contribution is -0.151. The zero-order valence-electron chi connectivity index (χ0n) is 14.4. The smallest absolute Gasteiger partial charge is 0.323 e. The molecule has 0 aromatic heterocycles. The minimum Gasteiger partial charge on any atom is -0.480 e. The number of amides is 1. The van der Waals surface area contributed by atoms with E-state index < -0.39 is 17.6 Å². The molecule has 2 fully saturated rings. The van der Waals surface area contributed by atoms with Crippen molar-refractivity contribution in [2.75, 3.05) is 6.54 Å². The van der Waals surface area contributed by atoms with E-state index in [4.69, 9.17) is 16.5 Å². The predicted octanol–water partition coefficient (Wildman–Crippen LogP) is 0.0870. The number of rotatable bonds is 6. The third kappa shape index (κ3) is 3.46. The molecule has 8 heteroatoms. The van der Waals surface area contributed by atoms with Crippen LogP contribution in [0.1, 0.15) is 51.9 Å². The number of carboxylic acid groups (broad SMARTS) is 1. The molecular weight excluding hydrogens is 309 g/mol. The number of carbonyl (C=O) groups is 2. The lowest BCUT2D eigenvalue weighted by atomic mass is 9.63. The molecule has 2 rings (SSSR count). The van der Waals surface area contributed by atoms with Crippen LogP contribution in [0, 0.1) is 5.92 Å². The first-order valence-electron chi connectivity index (χ1n) is 8.82. The standard InChI is InChI=1S/C16H29BN3O4/c1-11(18)13(21)20-9-3-5-15(20)6-7-16(19,14(22)23)12(10-15)4-2-8-17-24/h11-12,24H,2-10,18-19H2,1H3,(H,22,23)/t11-,12?,15?,16?/m0/s1. The Hall–Kier alpha value is -1.12. The second-order valence-corrected chi connectivity index (χ2v) is 7.47. The molecule has 135 valence electrons. The summed E-state index contributed by atoms with van der Waals surface area (Å²) < 4.78 is 0. The van der Waals surface area contributed by atoms with Gasteiger partial charge in [-0.05, 0) is 51.4 Å². The highest BCUT2D eigenvalue weighted by Crippen LogP contribution is 2.48. The van der Waals surface area contributed by atoms with Crippen LogP contribution in [0.15, 0.2) is 0 Å². The van der Waals surface area contributed by atoms with Gasteiger partial charge in [-0.2, -0.15) is 0 Å². The van der Waals surface area contributed by atoms with Crippen molar-refractivity contribution in [3.05, 3.63) is 0 Å². The summed E-state index contributed by atoms with van der Waals surface area (Å²) in [6, 6.07) is -0.550. The Labute approximate surface area is 144 Å². The van der Waals surface area contributed by atoms with Crippen molar-refractivity contribution >= 4 is 19.4 Å². The van der Waals surface area contributed by atoms with Crippen LogP contribution < -0.4 is 11.5 Å². The van der Waals surface area contributed by atoms with Crippen molar-refractivity contribution in [2.24, 2.45) is 17.4 Å². The molecule has 0 bridgehead atoms. The van der Waals surface area contributed by atoms with Gasteiger partial charge in [-0.25, -0.2) is 0 Å². The Bertz CT molecular complexity index is 490. The number of nitrogens with zero attached hydrogens (tertiary/aromatic N) is 1. The number of hydrogen-bond donors (Lipinski definition) is 4.